The van der Waals surface area contributed by atoms with Gasteiger partial charge in [0.05, 0.1) is 7.11 Å². The first-order valence-corrected chi connectivity index (χ1v) is 11.1. The van der Waals surface area contributed by atoms with Crippen molar-refractivity contribution in [3.8, 4) is 5.75 Å². The van der Waals surface area contributed by atoms with E-state index in [9.17, 15) is 13.2 Å². The third-order valence-electron chi connectivity index (χ3n) is 3.81. The van der Waals surface area contributed by atoms with E-state index < -0.39 is 15.1 Å². The molecule has 0 radical (unpaired) electrons. The lowest BCUT2D eigenvalue weighted by Gasteiger charge is -2.16. The van der Waals surface area contributed by atoms with Crippen LogP contribution in [0.3, 0.4) is 0 Å². The van der Waals surface area contributed by atoms with Crippen molar-refractivity contribution in [1.29, 1.82) is 0 Å². The third kappa shape index (κ3) is 3.98. The molecule has 2 heterocycles. The summed E-state index contributed by atoms with van der Waals surface area (Å²) in [4.78, 5) is 13.1. The predicted octanol–water partition coefficient (Wildman–Crippen LogP) is 3.76. The van der Waals surface area contributed by atoms with Gasteiger partial charge in [-0.3, -0.25) is 4.79 Å². The molecule has 0 aliphatic carbocycles. The number of amides is 1. The maximum absolute atomic E-state index is 13.0. The average molecular weight is 408 g/mol. The summed E-state index contributed by atoms with van der Waals surface area (Å²) in [6, 6.07) is 13.5. The van der Waals surface area contributed by atoms with Crippen LogP contribution < -0.4 is 10.1 Å². The molecule has 2 aromatic heterocycles. The molecule has 0 saturated heterocycles. The molecule has 1 aromatic carbocycles. The molecular weight excluding hydrogens is 390 g/mol. The number of ether oxygens (including phenoxy) is 1. The van der Waals surface area contributed by atoms with Crippen LogP contribution in [0.2, 0.25) is 0 Å². The van der Waals surface area contributed by atoms with Gasteiger partial charge < -0.3 is 10.1 Å². The average Bonchev–Trinajstić information content (AvgIpc) is 3.36. The molecule has 0 saturated carbocycles. The molecule has 0 aliphatic heterocycles. The fraction of sp³-hybridized carbons (Fsp3) is 0.167. The summed E-state index contributed by atoms with van der Waals surface area (Å²) in [7, 11) is -2.02. The van der Waals surface area contributed by atoms with Gasteiger partial charge in [-0.05, 0) is 47.2 Å². The van der Waals surface area contributed by atoms with Crippen molar-refractivity contribution in [3.05, 3.63) is 69.7 Å². The van der Waals surface area contributed by atoms with Gasteiger partial charge in [0.15, 0.2) is 9.84 Å². The van der Waals surface area contributed by atoms with E-state index in [1.54, 1.807) is 55.0 Å². The lowest BCUT2D eigenvalue weighted by molar-refractivity contribution is 0.0953. The number of rotatable bonds is 7. The summed E-state index contributed by atoms with van der Waals surface area (Å²) in [6.45, 7) is 0.00556. The number of sulfone groups is 1. The molecule has 0 fully saturated rings. The highest BCUT2D eigenvalue weighted by molar-refractivity contribution is 7.93. The van der Waals surface area contributed by atoms with Crippen LogP contribution in [0.25, 0.3) is 0 Å². The monoisotopic (exact) mass is 407 g/mol. The van der Waals surface area contributed by atoms with Gasteiger partial charge in [0.2, 0.25) is 0 Å². The van der Waals surface area contributed by atoms with Crippen molar-refractivity contribution >= 4 is 38.4 Å². The van der Waals surface area contributed by atoms with Gasteiger partial charge in [-0.15, -0.1) is 22.7 Å². The van der Waals surface area contributed by atoms with Crippen molar-refractivity contribution in [2.45, 2.75) is 9.46 Å². The summed E-state index contributed by atoms with van der Waals surface area (Å²) >= 11 is 2.55. The third-order valence-corrected chi connectivity index (χ3v) is 8.46. The van der Waals surface area contributed by atoms with E-state index in [1.165, 1.54) is 22.7 Å². The van der Waals surface area contributed by atoms with E-state index in [0.717, 1.165) is 0 Å². The Kier molecular flexibility index (Phi) is 5.75. The molecule has 8 heteroatoms. The Labute approximate surface area is 160 Å². The van der Waals surface area contributed by atoms with Crippen LogP contribution in [0.5, 0.6) is 5.75 Å². The Hall–Kier alpha value is -2.16. The highest BCUT2D eigenvalue weighted by Crippen LogP contribution is 2.33. The molecule has 1 unspecified atom stereocenters. The summed E-state index contributed by atoms with van der Waals surface area (Å²) in [5.74, 6) is 0.328. The van der Waals surface area contributed by atoms with E-state index in [1.807, 2.05) is 11.4 Å². The highest BCUT2D eigenvalue weighted by Gasteiger charge is 2.31. The zero-order chi connectivity index (χ0) is 18.6. The zero-order valence-corrected chi connectivity index (χ0v) is 16.4. The van der Waals surface area contributed by atoms with Gasteiger partial charge in [0.1, 0.15) is 15.2 Å². The quantitative estimate of drug-likeness (QED) is 0.647. The van der Waals surface area contributed by atoms with Crippen LogP contribution in [0, 0.1) is 0 Å². The van der Waals surface area contributed by atoms with Crippen molar-refractivity contribution < 1.29 is 17.9 Å². The van der Waals surface area contributed by atoms with Crippen molar-refractivity contribution in [1.82, 2.24) is 5.32 Å². The van der Waals surface area contributed by atoms with Gasteiger partial charge in [0.25, 0.3) is 5.91 Å². The van der Waals surface area contributed by atoms with Crippen LogP contribution >= 0.6 is 22.7 Å². The molecule has 1 amide bonds. The lowest BCUT2D eigenvalue weighted by atomic mass is 10.2. The van der Waals surface area contributed by atoms with Crippen LogP contribution in [0.4, 0.5) is 0 Å². The number of hydrogen-bond acceptors (Lipinski definition) is 6. The topological polar surface area (TPSA) is 72.5 Å². The lowest BCUT2D eigenvalue weighted by Crippen LogP contribution is -2.31. The van der Waals surface area contributed by atoms with Crippen molar-refractivity contribution in [2.75, 3.05) is 13.7 Å². The molecule has 1 atom stereocenters. The van der Waals surface area contributed by atoms with Crippen LogP contribution in [0.1, 0.15) is 20.5 Å². The maximum atomic E-state index is 13.0. The number of thiophene rings is 2. The van der Waals surface area contributed by atoms with E-state index in [-0.39, 0.29) is 12.5 Å². The molecule has 1 N–H and O–H groups in total. The highest BCUT2D eigenvalue weighted by atomic mass is 32.2. The number of carbonyl (C=O) groups excluding carboxylic acids is 1. The van der Waals surface area contributed by atoms with Gasteiger partial charge in [0, 0.05) is 17.0 Å². The summed E-state index contributed by atoms with van der Waals surface area (Å²) in [6.07, 6.45) is 0. The Bertz CT molecular complexity index is 947. The molecule has 3 aromatic rings. The SMILES string of the molecule is COc1ccc(C(=O)NCC(c2cccs2)S(=O)(=O)c2cccs2)cc1. The molecule has 0 bridgehead atoms. The second kappa shape index (κ2) is 8.03. The van der Waals surface area contributed by atoms with Gasteiger partial charge >= 0.3 is 0 Å². The first-order valence-electron chi connectivity index (χ1n) is 7.75. The normalized spacial score (nSPS) is 12.5. The number of carbonyl (C=O) groups is 1. The Morgan fingerprint density at radius 2 is 1.77 bits per heavy atom. The van der Waals surface area contributed by atoms with Gasteiger partial charge in [-0.2, -0.15) is 0 Å². The van der Waals surface area contributed by atoms with E-state index in [0.29, 0.717) is 20.4 Å². The molecule has 136 valence electrons. The minimum Gasteiger partial charge on any atom is -0.497 e. The van der Waals surface area contributed by atoms with Gasteiger partial charge in [-0.1, -0.05) is 12.1 Å². The molecule has 26 heavy (non-hydrogen) atoms. The molecular formula is C18H17NO4S3. The zero-order valence-electron chi connectivity index (χ0n) is 13.9. The number of hydrogen-bond donors (Lipinski definition) is 1. The largest absolute Gasteiger partial charge is 0.497 e. The second-order valence-electron chi connectivity index (χ2n) is 5.42. The Morgan fingerprint density at radius 1 is 1.08 bits per heavy atom. The predicted molar refractivity (Wildman–Crippen MR) is 104 cm³/mol. The first-order chi connectivity index (χ1) is 12.5. The number of methoxy groups -OCH3 is 1. The number of nitrogens with one attached hydrogen (secondary N) is 1. The van der Waals surface area contributed by atoms with Crippen LogP contribution in [0.15, 0.2) is 63.5 Å². The molecule has 3 rings (SSSR count). The van der Waals surface area contributed by atoms with E-state index >= 15 is 0 Å². The first kappa shape index (κ1) is 18.6. The van der Waals surface area contributed by atoms with Gasteiger partial charge in [-0.25, -0.2) is 8.42 Å². The van der Waals surface area contributed by atoms with Crippen molar-refractivity contribution in [2.24, 2.45) is 0 Å². The van der Waals surface area contributed by atoms with Crippen LogP contribution in [-0.4, -0.2) is 28.0 Å². The minimum atomic E-state index is -3.58. The molecule has 0 aliphatic rings. The fourth-order valence-corrected chi connectivity index (χ4v) is 6.42. The summed E-state index contributed by atoms with van der Waals surface area (Å²) < 4.78 is 31.3. The van der Waals surface area contributed by atoms with E-state index in [4.69, 9.17) is 4.74 Å². The Morgan fingerprint density at radius 3 is 2.35 bits per heavy atom. The smallest absolute Gasteiger partial charge is 0.251 e. The van der Waals surface area contributed by atoms with Crippen LogP contribution in [-0.2, 0) is 9.84 Å². The molecule has 0 spiro atoms. The van der Waals surface area contributed by atoms with Crippen molar-refractivity contribution in [3.63, 3.8) is 0 Å². The summed E-state index contributed by atoms with van der Waals surface area (Å²) in [5, 5.41) is 5.49. The van der Waals surface area contributed by atoms with E-state index in [2.05, 4.69) is 5.32 Å². The standard InChI is InChI=1S/C18H17NO4S3/c1-23-14-8-6-13(7-9-14)18(20)19-12-16(15-4-2-10-24-15)26(21,22)17-5-3-11-25-17/h2-11,16H,12H2,1H3,(H,19,20). The maximum Gasteiger partial charge on any atom is 0.251 e. The minimum absolute atomic E-state index is 0.00556. The summed E-state index contributed by atoms with van der Waals surface area (Å²) in [5.41, 5.74) is 0.448. The second-order valence-corrected chi connectivity index (χ2v) is 9.70. The number of benzene rings is 1. The molecule has 5 nitrogen and oxygen atoms in total. The Balaban J connectivity index is 1.79. The fourth-order valence-electron chi connectivity index (χ4n) is 2.43.